The van der Waals surface area contributed by atoms with Crippen LogP contribution in [0.2, 0.25) is 0 Å². The number of benzene rings is 1. The van der Waals surface area contributed by atoms with E-state index >= 15 is 0 Å². The highest BCUT2D eigenvalue weighted by Crippen LogP contribution is 2.44. The number of ether oxygens (including phenoxy) is 2. The standard InChI is InChI=1S/C20H24N2O3S/c1-14-3-4-17(24-2)16(13-14)21-19(23)22-9-7-20(8-10-22)18-15(5-11-25-20)6-12-26-18/h3-4,6,12-13H,5,7-11H2,1-2H3,(H,21,23). The molecule has 1 fully saturated rings. The quantitative estimate of drug-likeness (QED) is 0.861. The Morgan fingerprint density at radius 2 is 2.12 bits per heavy atom. The molecule has 1 N–H and O–H groups in total. The molecule has 138 valence electrons. The second kappa shape index (κ2) is 6.93. The predicted molar refractivity (Wildman–Crippen MR) is 103 cm³/mol. The summed E-state index contributed by atoms with van der Waals surface area (Å²) in [5.41, 5.74) is 3.02. The Balaban J connectivity index is 1.44. The molecule has 6 heteroatoms. The molecule has 0 radical (unpaired) electrons. The van der Waals surface area contributed by atoms with Crippen LogP contribution < -0.4 is 10.1 Å². The summed E-state index contributed by atoms with van der Waals surface area (Å²) in [5.74, 6) is 0.677. The van der Waals surface area contributed by atoms with Gasteiger partial charge in [0, 0.05) is 18.0 Å². The SMILES string of the molecule is COc1ccc(C)cc1NC(=O)N1CCC2(CC1)OCCc1ccsc12. The molecule has 26 heavy (non-hydrogen) atoms. The van der Waals surface area contributed by atoms with Crippen molar-refractivity contribution in [3.05, 3.63) is 45.6 Å². The van der Waals surface area contributed by atoms with E-state index in [4.69, 9.17) is 9.47 Å². The second-order valence-corrected chi connectivity index (χ2v) is 7.90. The van der Waals surface area contributed by atoms with Crippen molar-refractivity contribution in [3.8, 4) is 5.75 Å². The molecule has 1 spiro atoms. The molecule has 0 unspecified atom stereocenters. The predicted octanol–water partition coefficient (Wildman–Crippen LogP) is 4.16. The van der Waals surface area contributed by atoms with E-state index in [2.05, 4.69) is 16.8 Å². The van der Waals surface area contributed by atoms with Gasteiger partial charge in [-0.2, -0.15) is 0 Å². The zero-order valence-corrected chi connectivity index (χ0v) is 16.0. The van der Waals surface area contributed by atoms with Gasteiger partial charge in [-0.3, -0.25) is 0 Å². The molecular weight excluding hydrogens is 348 g/mol. The normalized spacial score (nSPS) is 18.5. The Kier molecular flexibility index (Phi) is 4.63. The van der Waals surface area contributed by atoms with Gasteiger partial charge >= 0.3 is 6.03 Å². The lowest BCUT2D eigenvalue weighted by molar-refractivity contribution is -0.0891. The first-order valence-electron chi connectivity index (χ1n) is 9.03. The zero-order valence-electron chi connectivity index (χ0n) is 15.2. The summed E-state index contributed by atoms with van der Waals surface area (Å²) in [6, 6.07) is 7.92. The van der Waals surface area contributed by atoms with Crippen molar-refractivity contribution >= 4 is 23.1 Å². The number of carbonyl (C=O) groups is 1. The molecule has 1 aromatic heterocycles. The summed E-state index contributed by atoms with van der Waals surface area (Å²) >= 11 is 1.79. The monoisotopic (exact) mass is 372 g/mol. The number of nitrogens with zero attached hydrogens (tertiary/aromatic N) is 1. The van der Waals surface area contributed by atoms with Gasteiger partial charge in [-0.25, -0.2) is 4.79 Å². The number of urea groups is 1. The fourth-order valence-electron chi connectivity index (χ4n) is 3.91. The lowest BCUT2D eigenvalue weighted by atomic mass is 9.85. The average molecular weight is 372 g/mol. The number of fused-ring (bicyclic) bond motifs is 2. The van der Waals surface area contributed by atoms with Crippen LogP contribution >= 0.6 is 11.3 Å². The fourth-order valence-corrected chi connectivity index (χ4v) is 5.08. The molecule has 5 nitrogen and oxygen atoms in total. The third-order valence-electron chi connectivity index (χ3n) is 5.37. The Morgan fingerprint density at radius 1 is 1.31 bits per heavy atom. The number of rotatable bonds is 2. The molecule has 0 saturated carbocycles. The van der Waals surface area contributed by atoms with Crippen LogP contribution in [0.25, 0.3) is 0 Å². The number of thiophene rings is 1. The van der Waals surface area contributed by atoms with Crippen molar-refractivity contribution in [1.82, 2.24) is 4.90 Å². The first-order valence-corrected chi connectivity index (χ1v) is 9.91. The minimum atomic E-state index is -0.195. The Labute approximate surface area is 157 Å². The molecule has 3 heterocycles. The van der Waals surface area contributed by atoms with Crippen molar-refractivity contribution in [1.29, 1.82) is 0 Å². The Hall–Kier alpha value is -2.05. The highest BCUT2D eigenvalue weighted by molar-refractivity contribution is 7.10. The number of nitrogens with one attached hydrogen (secondary N) is 1. The van der Waals surface area contributed by atoms with Crippen molar-refractivity contribution in [2.45, 2.75) is 31.8 Å². The van der Waals surface area contributed by atoms with E-state index in [0.717, 1.165) is 31.4 Å². The summed E-state index contributed by atoms with van der Waals surface area (Å²) in [5, 5.41) is 5.16. The number of hydrogen-bond acceptors (Lipinski definition) is 4. The van der Waals surface area contributed by atoms with E-state index in [-0.39, 0.29) is 11.6 Å². The average Bonchev–Trinajstić information content (AvgIpc) is 3.13. The van der Waals surface area contributed by atoms with E-state index in [1.807, 2.05) is 30.0 Å². The number of aryl methyl sites for hydroxylation is 1. The van der Waals surface area contributed by atoms with Crippen LogP contribution in [0.4, 0.5) is 10.5 Å². The van der Waals surface area contributed by atoms with Crippen molar-refractivity contribution in [2.24, 2.45) is 0 Å². The molecule has 2 aliphatic rings. The molecule has 2 aliphatic heterocycles. The first kappa shape index (κ1) is 17.4. The first-order chi connectivity index (χ1) is 12.6. The van der Waals surface area contributed by atoms with E-state index < -0.39 is 0 Å². The van der Waals surface area contributed by atoms with Gasteiger partial charge in [0.15, 0.2) is 0 Å². The van der Waals surface area contributed by atoms with Gasteiger partial charge in [0.05, 0.1) is 19.4 Å². The highest BCUT2D eigenvalue weighted by Gasteiger charge is 2.42. The van der Waals surface area contributed by atoms with Gasteiger partial charge in [0.2, 0.25) is 0 Å². The molecule has 0 aliphatic carbocycles. The van der Waals surface area contributed by atoms with E-state index in [0.29, 0.717) is 24.5 Å². The number of piperidine rings is 1. The molecule has 2 aromatic rings. The summed E-state index contributed by atoms with van der Waals surface area (Å²) in [4.78, 5) is 16.0. The van der Waals surface area contributed by atoms with Gasteiger partial charge < -0.3 is 19.7 Å². The van der Waals surface area contributed by atoms with Gasteiger partial charge in [0.25, 0.3) is 0 Å². The Morgan fingerprint density at radius 3 is 2.88 bits per heavy atom. The number of methoxy groups -OCH3 is 1. The fraction of sp³-hybridized carbons (Fsp3) is 0.450. The van der Waals surface area contributed by atoms with Crippen LogP contribution in [-0.4, -0.2) is 37.7 Å². The van der Waals surface area contributed by atoms with E-state index in [9.17, 15) is 4.79 Å². The topological polar surface area (TPSA) is 50.8 Å². The van der Waals surface area contributed by atoms with E-state index in [1.54, 1.807) is 18.4 Å². The summed E-state index contributed by atoms with van der Waals surface area (Å²) < 4.78 is 11.6. The van der Waals surface area contributed by atoms with Crippen LogP contribution in [0.15, 0.2) is 29.6 Å². The summed E-state index contributed by atoms with van der Waals surface area (Å²) in [7, 11) is 1.62. The summed E-state index contributed by atoms with van der Waals surface area (Å²) in [6.45, 7) is 4.16. The molecule has 0 atom stereocenters. The van der Waals surface area contributed by atoms with E-state index in [1.165, 1.54) is 10.4 Å². The largest absolute Gasteiger partial charge is 0.495 e. The minimum Gasteiger partial charge on any atom is -0.495 e. The maximum atomic E-state index is 12.7. The third kappa shape index (κ3) is 3.08. The van der Waals surface area contributed by atoms with Crippen molar-refractivity contribution < 1.29 is 14.3 Å². The maximum absolute atomic E-state index is 12.7. The van der Waals surface area contributed by atoms with Crippen LogP contribution in [-0.2, 0) is 16.8 Å². The van der Waals surface area contributed by atoms with Crippen molar-refractivity contribution in [3.63, 3.8) is 0 Å². The maximum Gasteiger partial charge on any atom is 0.321 e. The highest BCUT2D eigenvalue weighted by atomic mass is 32.1. The molecule has 1 saturated heterocycles. The van der Waals surface area contributed by atoms with Gasteiger partial charge in [0.1, 0.15) is 11.4 Å². The van der Waals surface area contributed by atoms with Crippen LogP contribution in [0.3, 0.4) is 0 Å². The molecule has 1 aromatic carbocycles. The lowest BCUT2D eigenvalue weighted by Crippen LogP contribution is -2.49. The number of hydrogen-bond donors (Lipinski definition) is 1. The van der Waals surface area contributed by atoms with Gasteiger partial charge in [-0.15, -0.1) is 11.3 Å². The molecule has 0 bridgehead atoms. The van der Waals surface area contributed by atoms with Crippen LogP contribution in [0.5, 0.6) is 5.75 Å². The number of anilines is 1. The zero-order chi connectivity index (χ0) is 18.1. The lowest BCUT2D eigenvalue weighted by Gasteiger charge is -2.43. The number of amides is 2. The molecule has 2 amide bonds. The number of likely N-dealkylation sites (tertiary alicyclic amines) is 1. The molecular formula is C20H24N2O3S. The third-order valence-corrected chi connectivity index (χ3v) is 6.51. The number of carbonyl (C=O) groups excluding carboxylic acids is 1. The van der Waals surface area contributed by atoms with Crippen molar-refractivity contribution in [2.75, 3.05) is 32.1 Å². The smallest absolute Gasteiger partial charge is 0.321 e. The van der Waals surface area contributed by atoms with Gasteiger partial charge in [-0.1, -0.05) is 6.07 Å². The van der Waals surface area contributed by atoms with Crippen LogP contribution in [0.1, 0.15) is 28.8 Å². The minimum absolute atomic E-state index is 0.0778. The van der Waals surface area contributed by atoms with Gasteiger partial charge in [-0.05, 0) is 60.9 Å². The Bertz CT molecular complexity index is 809. The summed E-state index contributed by atoms with van der Waals surface area (Å²) in [6.07, 6.45) is 2.69. The molecule has 4 rings (SSSR count). The second-order valence-electron chi connectivity index (χ2n) is 6.99. The van der Waals surface area contributed by atoms with Crippen LogP contribution in [0, 0.1) is 6.92 Å².